The van der Waals surface area contributed by atoms with E-state index in [4.69, 9.17) is 9.15 Å². The molecule has 1 aliphatic heterocycles. The Balaban J connectivity index is 1.56. The molecule has 1 atom stereocenters. The SMILES string of the molecule is CO[C@@H](CNC(=O)C1CCN(S(C)(=O)=O)CC1)c1cc2ccccc2o1. The Morgan fingerprint density at radius 1 is 1.35 bits per heavy atom. The molecule has 8 heteroatoms. The van der Waals surface area contributed by atoms with E-state index in [1.165, 1.54) is 10.6 Å². The first-order chi connectivity index (χ1) is 12.4. The number of nitrogens with zero attached hydrogens (tertiary/aromatic N) is 1. The zero-order valence-corrected chi connectivity index (χ0v) is 15.8. The Morgan fingerprint density at radius 3 is 2.65 bits per heavy atom. The Hall–Kier alpha value is -1.90. The highest BCUT2D eigenvalue weighted by atomic mass is 32.2. The van der Waals surface area contributed by atoms with E-state index in [1.54, 1.807) is 7.11 Å². The van der Waals surface area contributed by atoms with Gasteiger partial charge in [0, 0.05) is 31.5 Å². The number of carbonyl (C=O) groups is 1. The molecular weight excluding hydrogens is 356 g/mol. The number of piperidine rings is 1. The van der Waals surface area contributed by atoms with E-state index in [0.29, 0.717) is 38.2 Å². The summed E-state index contributed by atoms with van der Waals surface area (Å²) in [6.45, 7) is 1.07. The second-order valence-electron chi connectivity index (χ2n) is 6.59. The van der Waals surface area contributed by atoms with Gasteiger partial charge in [-0.05, 0) is 25.0 Å². The first-order valence-electron chi connectivity index (χ1n) is 8.62. The molecule has 1 aromatic heterocycles. The summed E-state index contributed by atoms with van der Waals surface area (Å²) in [6.07, 6.45) is 1.88. The van der Waals surface area contributed by atoms with Gasteiger partial charge in [-0.3, -0.25) is 4.79 Å². The maximum absolute atomic E-state index is 12.4. The Labute approximate surface area is 153 Å². The molecule has 3 rings (SSSR count). The van der Waals surface area contributed by atoms with Crippen LogP contribution in [0.1, 0.15) is 24.7 Å². The van der Waals surface area contributed by atoms with Crippen molar-refractivity contribution in [3.05, 3.63) is 36.1 Å². The second kappa shape index (κ2) is 7.77. The molecule has 2 aromatic rings. The minimum absolute atomic E-state index is 0.0729. The Bertz CT molecular complexity index is 836. The van der Waals surface area contributed by atoms with Crippen LogP contribution in [0.2, 0.25) is 0 Å². The predicted octanol–water partition coefficient (Wildman–Crippen LogP) is 1.91. The Kier molecular flexibility index (Phi) is 5.64. The van der Waals surface area contributed by atoms with E-state index >= 15 is 0 Å². The van der Waals surface area contributed by atoms with Crippen LogP contribution in [0, 0.1) is 5.92 Å². The summed E-state index contributed by atoms with van der Waals surface area (Å²) in [6, 6.07) is 9.61. The zero-order chi connectivity index (χ0) is 18.7. The third-order valence-electron chi connectivity index (χ3n) is 4.80. The fraction of sp³-hybridized carbons (Fsp3) is 0.500. The van der Waals surface area contributed by atoms with Gasteiger partial charge in [0.25, 0.3) is 0 Å². The molecule has 1 fully saturated rings. The van der Waals surface area contributed by atoms with Crippen LogP contribution in [0.25, 0.3) is 11.0 Å². The van der Waals surface area contributed by atoms with Gasteiger partial charge in [0.15, 0.2) is 0 Å². The number of methoxy groups -OCH3 is 1. The third kappa shape index (κ3) is 4.25. The van der Waals surface area contributed by atoms with Crippen LogP contribution in [-0.2, 0) is 19.6 Å². The number of hydrogen-bond donors (Lipinski definition) is 1. The summed E-state index contributed by atoms with van der Waals surface area (Å²) in [5.74, 6) is 0.415. The lowest BCUT2D eigenvalue weighted by Crippen LogP contribution is -2.43. The summed E-state index contributed by atoms with van der Waals surface area (Å²) in [4.78, 5) is 12.4. The van der Waals surface area contributed by atoms with Crippen molar-refractivity contribution in [1.82, 2.24) is 9.62 Å². The molecular formula is C18H24N2O5S. The van der Waals surface area contributed by atoms with Crippen molar-refractivity contribution < 1.29 is 22.4 Å². The number of amides is 1. The van der Waals surface area contributed by atoms with Gasteiger partial charge in [-0.15, -0.1) is 0 Å². The lowest BCUT2D eigenvalue weighted by atomic mass is 9.97. The molecule has 1 amide bonds. The predicted molar refractivity (Wildman–Crippen MR) is 98.1 cm³/mol. The van der Waals surface area contributed by atoms with Crippen LogP contribution in [-0.4, -0.2) is 51.6 Å². The molecule has 1 N–H and O–H groups in total. The van der Waals surface area contributed by atoms with Gasteiger partial charge >= 0.3 is 0 Å². The van der Waals surface area contributed by atoms with E-state index in [1.807, 2.05) is 30.3 Å². The molecule has 2 heterocycles. The highest BCUT2D eigenvalue weighted by Gasteiger charge is 2.29. The van der Waals surface area contributed by atoms with Crippen molar-refractivity contribution in [3.63, 3.8) is 0 Å². The van der Waals surface area contributed by atoms with Gasteiger partial charge in [0.05, 0.1) is 12.8 Å². The summed E-state index contributed by atoms with van der Waals surface area (Å²) in [5.41, 5.74) is 0.782. The molecule has 0 aliphatic carbocycles. The first-order valence-corrected chi connectivity index (χ1v) is 10.5. The topological polar surface area (TPSA) is 88.9 Å². The number of para-hydroxylation sites is 1. The van der Waals surface area contributed by atoms with Crippen LogP contribution >= 0.6 is 0 Å². The number of sulfonamides is 1. The maximum atomic E-state index is 12.4. The number of rotatable bonds is 6. The number of nitrogens with one attached hydrogen (secondary N) is 1. The molecule has 0 radical (unpaired) electrons. The highest BCUT2D eigenvalue weighted by Crippen LogP contribution is 2.25. The molecule has 0 bridgehead atoms. The van der Waals surface area contributed by atoms with Crippen molar-refractivity contribution in [1.29, 1.82) is 0 Å². The van der Waals surface area contributed by atoms with E-state index in [9.17, 15) is 13.2 Å². The zero-order valence-electron chi connectivity index (χ0n) is 15.0. The number of fused-ring (bicyclic) bond motifs is 1. The number of hydrogen-bond acceptors (Lipinski definition) is 5. The summed E-state index contributed by atoms with van der Waals surface area (Å²) in [5, 5.41) is 3.90. The van der Waals surface area contributed by atoms with E-state index < -0.39 is 10.0 Å². The van der Waals surface area contributed by atoms with Gasteiger partial charge in [0.2, 0.25) is 15.9 Å². The normalized spacial score (nSPS) is 18.1. The fourth-order valence-electron chi connectivity index (χ4n) is 3.25. The van der Waals surface area contributed by atoms with Crippen LogP contribution in [0.15, 0.2) is 34.7 Å². The molecule has 26 heavy (non-hydrogen) atoms. The van der Waals surface area contributed by atoms with E-state index in [-0.39, 0.29) is 17.9 Å². The van der Waals surface area contributed by atoms with Crippen molar-refractivity contribution in [3.8, 4) is 0 Å². The molecule has 7 nitrogen and oxygen atoms in total. The molecule has 1 saturated heterocycles. The first kappa shape index (κ1) is 18.9. The van der Waals surface area contributed by atoms with Gasteiger partial charge in [-0.25, -0.2) is 12.7 Å². The molecule has 0 unspecified atom stereocenters. The summed E-state index contributed by atoms with van der Waals surface area (Å²) < 4.78 is 35.8. The van der Waals surface area contributed by atoms with Crippen LogP contribution in [0.5, 0.6) is 0 Å². The van der Waals surface area contributed by atoms with E-state index in [2.05, 4.69) is 5.32 Å². The number of benzene rings is 1. The maximum Gasteiger partial charge on any atom is 0.223 e. The van der Waals surface area contributed by atoms with Crippen LogP contribution in [0.3, 0.4) is 0 Å². The highest BCUT2D eigenvalue weighted by molar-refractivity contribution is 7.88. The van der Waals surface area contributed by atoms with Crippen molar-refractivity contribution in [2.75, 3.05) is 33.0 Å². The third-order valence-corrected chi connectivity index (χ3v) is 6.11. The summed E-state index contributed by atoms with van der Waals surface area (Å²) >= 11 is 0. The number of ether oxygens (including phenoxy) is 1. The standard InChI is InChI=1S/C18H24N2O5S/c1-24-17(16-11-14-5-3-4-6-15(14)25-16)12-19-18(21)13-7-9-20(10-8-13)26(2,22)23/h3-6,11,13,17H,7-10,12H2,1-2H3,(H,19,21)/t17-/m0/s1. The molecule has 142 valence electrons. The monoisotopic (exact) mass is 380 g/mol. The average Bonchev–Trinajstić information content (AvgIpc) is 3.05. The van der Waals surface area contributed by atoms with Crippen LogP contribution in [0.4, 0.5) is 0 Å². The Morgan fingerprint density at radius 2 is 2.04 bits per heavy atom. The fourth-order valence-corrected chi connectivity index (χ4v) is 4.12. The minimum atomic E-state index is -3.18. The van der Waals surface area contributed by atoms with Crippen LogP contribution < -0.4 is 5.32 Å². The molecule has 0 saturated carbocycles. The van der Waals surface area contributed by atoms with Gasteiger partial charge in [0.1, 0.15) is 17.4 Å². The average molecular weight is 380 g/mol. The smallest absolute Gasteiger partial charge is 0.223 e. The van der Waals surface area contributed by atoms with Gasteiger partial charge in [-0.2, -0.15) is 0 Å². The van der Waals surface area contributed by atoms with E-state index in [0.717, 1.165) is 11.0 Å². The number of furan rings is 1. The molecule has 1 aromatic carbocycles. The van der Waals surface area contributed by atoms with Crippen molar-refractivity contribution in [2.45, 2.75) is 18.9 Å². The minimum Gasteiger partial charge on any atom is -0.458 e. The lowest BCUT2D eigenvalue weighted by Gasteiger charge is -2.29. The quantitative estimate of drug-likeness (QED) is 0.827. The number of carbonyl (C=O) groups excluding carboxylic acids is 1. The van der Waals surface area contributed by atoms with Crippen molar-refractivity contribution in [2.24, 2.45) is 5.92 Å². The molecule has 1 aliphatic rings. The van der Waals surface area contributed by atoms with Gasteiger partial charge < -0.3 is 14.5 Å². The largest absolute Gasteiger partial charge is 0.458 e. The molecule has 0 spiro atoms. The summed E-state index contributed by atoms with van der Waals surface area (Å²) in [7, 11) is -1.61. The lowest BCUT2D eigenvalue weighted by molar-refractivity contribution is -0.126. The second-order valence-corrected chi connectivity index (χ2v) is 8.57. The van der Waals surface area contributed by atoms with Crippen molar-refractivity contribution >= 4 is 26.9 Å². The van der Waals surface area contributed by atoms with Gasteiger partial charge in [-0.1, -0.05) is 18.2 Å².